The van der Waals surface area contributed by atoms with E-state index in [1.807, 2.05) is 6.07 Å². The Morgan fingerprint density at radius 3 is 2.59 bits per heavy atom. The fraction of sp³-hybridized carbons (Fsp3) is 0. The zero-order valence-electron chi connectivity index (χ0n) is 8.81. The molecule has 0 N–H and O–H groups in total. The molecule has 0 aliphatic rings. The quantitative estimate of drug-likeness (QED) is 0.548. The number of benzene rings is 2. The predicted octanol–water partition coefficient (Wildman–Crippen LogP) is 2.82. The third-order valence-electron chi connectivity index (χ3n) is 2.72. The molecule has 0 radical (unpaired) electrons. The summed E-state index contributed by atoms with van der Waals surface area (Å²) in [5.74, 6) is 0. The highest BCUT2D eigenvalue weighted by Crippen LogP contribution is 2.20. The lowest BCUT2D eigenvalue weighted by Crippen LogP contribution is -2.02. The molecule has 0 saturated carbocycles. The van der Waals surface area contributed by atoms with Crippen LogP contribution in [-0.4, -0.2) is 0 Å². The number of fused-ring (bicyclic) bond motifs is 2. The van der Waals surface area contributed by atoms with Crippen LogP contribution >= 0.6 is 0 Å². The number of para-hydroxylation sites is 2. The molecule has 0 unspecified atom stereocenters. The largest absolute Gasteiger partial charge is 0.454 e. The van der Waals surface area contributed by atoms with Gasteiger partial charge in [0.2, 0.25) is 5.43 Å². The molecule has 0 spiro atoms. The molecular weight excluding hydrogens is 214 g/mol. The zero-order chi connectivity index (χ0) is 11.8. The third-order valence-corrected chi connectivity index (χ3v) is 2.72. The van der Waals surface area contributed by atoms with Gasteiger partial charge in [0.15, 0.2) is 5.58 Å². The summed E-state index contributed by atoms with van der Waals surface area (Å²) in [6.45, 7) is 0. The molecule has 0 atom stereocenters. The van der Waals surface area contributed by atoms with E-state index in [-0.39, 0.29) is 5.43 Å². The predicted molar refractivity (Wildman–Crippen MR) is 64.7 cm³/mol. The van der Waals surface area contributed by atoms with Gasteiger partial charge in [0.05, 0.1) is 16.3 Å². The van der Waals surface area contributed by atoms with Gasteiger partial charge in [-0.3, -0.25) is 4.79 Å². The highest BCUT2D eigenvalue weighted by Gasteiger charge is 2.09. The molecule has 0 saturated heterocycles. The van der Waals surface area contributed by atoms with Gasteiger partial charge in [-0.2, -0.15) is 5.26 Å². The van der Waals surface area contributed by atoms with E-state index in [1.54, 1.807) is 42.5 Å². The fourth-order valence-electron chi connectivity index (χ4n) is 1.91. The summed E-state index contributed by atoms with van der Waals surface area (Å²) >= 11 is 0. The van der Waals surface area contributed by atoms with E-state index >= 15 is 0 Å². The summed E-state index contributed by atoms with van der Waals surface area (Å²) in [7, 11) is 0. The minimum atomic E-state index is -0.0982. The minimum absolute atomic E-state index is 0.0982. The second-order valence-electron chi connectivity index (χ2n) is 3.72. The van der Waals surface area contributed by atoms with Crippen molar-refractivity contribution in [3.05, 3.63) is 58.3 Å². The average Bonchev–Trinajstić information content (AvgIpc) is 2.38. The van der Waals surface area contributed by atoms with Crippen LogP contribution in [0.5, 0.6) is 0 Å². The standard InChI is InChI=1S/C14H7NO2/c15-8-9-4-3-6-11-13(16)10-5-1-2-7-12(10)17-14(9)11/h1-7H. The molecule has 3 heteroatoms. The second-order valence-corrected chi connectivity index (χ2v) is 3.72. The lowest BCUT2D eigenvalue weighted by atomic mass is 10.1. The third kappa shape index (κ3) is 1.31. The van der Waals surface area contributed by atoms with Crippen molar-refractivity contribution in [1.82, 2.24) is 0 Å². The SMILES string of the molecule is N#Cc1cccc2c(=O)c3ccccc3oc12. The summed E-state index contributed by atoms with van der Waals surface area (Å²) < 4.78 is 5.63. The Bertz CT molecular complexity index is 825. The van der Waals surface area contributed by atoms with Gasteiger partial charge in [0.1, 0.15) is 11.7 Å². The summed E-state index contributed by atoms with van der Waals surface area (Å²) in [6.07, 6.45) is 0. The van der Waals surface area contributed by atoms with Crippen LogP contribution in [-0.2, 0) is 0 Å². The van der Waals surface area contributed by atoms with Crippen molar-refractivity contribution in [2.75, 3.05) is 0 Å². The van der Waals surface area contributed by atoms with E-state index in [1.165, 1.54) is 0 Å². The highest BCUT2D eigenvalue weighted by molar-refractivity contribution is 5.91. The first kappa shape index (κ1) is 9.61. The molecule has 1 heterocycles. The Balaban J connectivity index is 2.65. The smallest absolute Gasteiger partial charge is 0.200 e. The maximum Gasteiger partial charge on any atom is 0.200 e. The van der Waals surface area contributed by atoms with Crippen molar-refractivity contribution in [2.24, 2.45) is 0 Å². The van der Waals surface area contributed by atoms with Gasteiger partial charge < -0.3 is 4.42 Å². The van der Waals surface area contributed by atoms with Gasteiger partial charge in [0.25, 0.3) is 0 Å². The van der Waals surface area contributed by atoms with Crippen LogP contribution in [0.15, 0.2) is 51.7 Å². The molecule has 3 aromatic rings. The zero-order valence-corrected chi connectivity index (χ0v) is 8.81. The molecule has 0 aliphatic carbocycles. The van der Waals surface area contributed by atoms with E-state index in [0.717, 1.165) is 0 Å². The molecule has 1 aromatic heterocycles. The summed E-state index contributed by atoms with van der Waals surface area (Å²) in [5, 5.41) is 9.97. The lowest BCUT2D eigenvalue weighted by Gasteiger charge is -2.01. The van der Waals surface area contributed by atoms with E-state index in [4.69, 9.17) is 9.68 Å². The van der Waals surface area contributed by atoms with E-state index < -0.39 is 0 Å². The van der Waals surface area contributed by atoms with Gasteiger partial charge in [-0.15, -0.1) is 0 Å². The maximum atomic E-state index is 12.2. The van der Waals surface area contributed by atoms with Crippen LogP contribution in [0, 0.1) is 11.3 Å². The lowest BCUT2D eigenvalue weighted by molar-refractivity contribution is 0.658. The first-order valence-corrected chi connectivity index (χ1v) is 5.16. The molecule has 3 rings (SSSR count). The van der Waals surface area contributed by atoms with Gasteiger partial charge in [-0.05, 0) is 24.3 Å². The summed E-state index contributed by atoms with van der Waals surface area (Å²) in [5.41, 5.74) is 1.15. The van der Waals surface area contributed by atoms with Crippen molar-refractivity contribution < 1.29 is 4.42 Å². The molecule has 2 aromatic carbocycles. The van der Waals surface area contributed by atoms with Crippen molar-refractivity contribution in [3.63, 3.8) is 0 Å². The topological polar surface area (TPSA) is 54.0 Å². The molecule has 0 amide bonds. The first-order valence-electron chi connectivity index (χ1n) is 5.16. The van der Waals surface area contributed by atoms with Gasteiger partial charge in [0, 0.05) is 0 Å². The Labute approximate surface area is 96.5 Å². The molecule has 80 valence electrons. The first-order chi connectivity index (χ1) is 8.31. The molecule has 3 nitrogen and oxygen atoms in total. The van der Waals surface area contributed by atoms with Crippen LogP contribution in [0.3, 0.4) is 0 Å². The Morgan fingerprint density at radius 1 is 1.00 bits per heavy atom. The summed E-state index contributed by atoms with van der Waals surface area (Å²) in [4.78, 5) is 12.2. The Morgan fingerprint density at radius 2 is 1.76 bits per heavy atom. The monoisotopic (exact) mass is 221 g/mol. The number of nitriles is 1. The number of nitrogens with zero attached hydrogens (tertiary/aromatic N) is 1. The molecule has 0 fully saturated rings. The van der Waals surface area contributed by atoms with Crippen molar-refractivity contribution >= 4 is 21.9 Å². The minimum Gasteiger partial charge on any atom is -0.454 e. The molecular formula is C14H7NO2. The van der Waals surface area contributed by atoms with Gasteiger partial charge in [-0.1, -0.05) is 18.2 Å². The van der Waals surface area contributed by atoms with E-state index in [2.05, 4.69) is 0 Å². The van der Waals surface area contributed by atoms with Crippen molar-refractivity contribution in [3.8, 4) is 6.07 Å². The Kier molecular flexibility index (Phi) is 1.96. The summed E-state index contributed by atoms with van der Waals surface area (Å²) in [6, 6.07) is 14.1. The van der Waals surface area contributed by atoms with Crippen molar-refractivity contribution in [1.29, 1.82) is 5.26 Å². The highest BCUT2D eigenvalue weighted by atomic mass is 16.3. The maximum absolute atomic E-state index is 12.2. The van der Waals surface area contributed by atoms with Crippen LogP contribution in [0.2, 0.25) is 0 Å². The van der Waals surface area contributed by atoms with E-state index in [0.29, 0.717) is 27.5 Å². The molecule has 0 bridgehead atoms. The Hall–Kier alpha value is -2.60. The number of hydrogen-bond acceptors (Lipinski definition) is 3. The molecule has 0 aliphatic heterocycles. The van der Waals surface area contributed by atoms with E-state index in [9.17, 15) is 4.79 Å². The van der Waals surface area contributed by atoms with Crippen LogP contribution < -0.4 is 5.43 Å². The normalized spacial score (nSPS) is 10.5. The molecule has 17 heavy (non-hydrogen) atoms. The second kappa shape index (κ2) is 3.46. The van der Waals surface area contributed by atoms with Gasteiger partial charge in [-0.25, -0.2) is 0 Å². The van der Waals surface area contributed by atoms with Crippen LogP contribution in [0.1, 0.15) is 5.56 Å². The average molecular weight is 221 g/mol. The van der Waals surface area contributed by atoms with Crippen LogP contribution in [0.25, 0.3) is 21.9 Å². The van der Waals surface area contributed by atoms with Crippen LogP contribution in [0.4, 0.5) is 0 Å². The fourth-order valence-corrected chi connectivity index (χ4v) is 1.91. The van der Waals surface area contributed by atoms with Crippen molar-refractivity contribution in [2.45, 2.75) is 0 Å². The number of rotatable bonds is 0. The van der Waals surface area contributed by atoms with Gasteiger partial charge >= 0.3 is 0 Å². The number of hydrogen-bond donors (Lipinski definition) is 0.